The number of nitrogens with zero attached hydrogens (tertiary/aromatic N) is 3. The van der Waals surface area contributed by atoms with Crippen LogP contribution in [0.15, 0.2) is 67.0 Å². The number of rotatable bonds is 5. The molecular weight excluding hydrogens is 357 g/mol. The molecule has 0 unspecified atom stereocenters. The minimum Gasteiger partial charge on any atom is -0.490 e. The summed E-state index contributed by atoms with van der Waals surface area (Å²) in [5.41, 5.74) is 0.992. The fraction of sp³-hybridized carbons (Fsp3) is 0.273. The van der Waals surface area contributed by atoms with Crippen LogP contribution in [0, 0.1) is 5.82 Å². The van der Waals surface area contributed by atoms with Crippen LogP contribution in [-0.2, 0) is 11.3 Å². The van der Waals surface area contributed by atoms with Crippen LogP contribution in [0.25, 0.3) is 11.4 Å². The molecule has 4 rings (SSSR count). The van der Waals surface area contributed by atoms with E-state index in [1.54, 1.807) is 18.3 Å². The Bertz CT molecular complexity index is 916. The number of hydrogen-bond donors (Lipinski definition) is 0. The van der Waals surface area contributed by atoms with Crippen molar-refractivity contribution in [3.8, 4) is 17.1 Å². The van der Waals surface area contributed by atoms with Gasteiger partial charge in [-0.1, -0.05) is 30.3 Å². The smallest absolute Gasteiger partial charge is 0.242 e. The fourth-order valence-electron chi connectivity index (χ4n) is 3.46. The first-order valence-corrected chi connectivity index (χ1v) is 9.45. The highest BCUT2D eigenvalue weighted by Gasteiger charge is 2.24. The molecule has 0 bridgehead atoms. The van der Waals surface area contributed by atoms with E-state index in [1.807, 2.05) is 46.0 Å². The van der Waals surface area contributed by atoms with Crippen molar-refractivity contribution in [3.63, 3.8) is 0 Å². The van der Waals surface area contributed by atoms with E-state index in [0.717, 1.165) is 24.2 Å². The summed E-state index contributed by atoms with van der Waals surface area (Å²) in [6.07, 6.45) is 5.13. The van der Waals surface area contributed by atoms with Gasteiger partial charge in [0.1, 0.15) is 30.0 Å². The molecule has 1 aromatic heterocycles. The van der Waals surface area contributed by atoms with E-state index in [4.69, 9.17) is 4.74 Å². The van der Waals surface area contributed by atoms with Crippen LogP contribution in [0.2, 0.25) is 0 Å². The predicted octanol–water partition coefficient (Wildman–Crippen LogP) is 3.76. The standard InChI is InChI=1S/C22H22FN3O2/c23-18-6-8-19(9-7-18)28-20-10-13-25(14-11-20)21(27)16-26-15-12-24-22(26)17-4-2-1-3-5-17/h1-9,12,15,20H,10-11,13-14,16H2. The van der Waals surface area contributed by atoms with Crippen LogP contribution in [0.4, 0.5) is 4.39 Å². The van der Waals surface area contributed by atoms with E-state index in [0.29, 0.717) is 18.8 Å². The van der Waals surface area contributed by atoms with Crippen LogP contribution in [-0.4, -0.2) is 39.6 Å². The van der Waals surface area contributed by atoms with Crippen molar-refractivity contribution in [1.29, 1.82) is 0 Å². The normalized spacial score (nSPS) is 14.8. The summed E-state index contributed by atoms with van der Waals surface area (Å²) in [6, 6.07) is 15.9. The first-order valence-electron chi connectivity index (χ1n) is 9.45. The van der Waals surface area contributed by atoms with Crippen LogP contribution in [0.5, 0.6) is 5.75 Å². The Balaban J connectivity index is 1.32. The van der Waals surface area contributed by atoms with Gasteiger partial charge in [0.05, 0.1) is 0 Å². The second-order valence-electron chi connectivity index (χ2n) is 6.90. The van der Waals surface area contributed by atoms with Gasteiger partial charge in [0.2, 0.25) is 5.91 Å². The van der Waals surface area contributed by atoms with E-state index >= 15 is 0 Å². The van der Waals surface area contributed by atoms with E-state index in [9.17, 15) is 9.18 Å². The zero-order valence-electron chi connectivity index (χ0n) is 15.5. The molecule has 1 aliphatic rings. The number of piperidine rings is 1. The van der Waals surface area contributed by atoms with Gasteiger partial charge in [0, 0.05) is 43.9 Å². The molecular formula is C22H22FN3O2. The molecule has 1 aliphatic heterocycles. The number of carbonyl (C=O) groups excluding carboxylic acids is 1. The third kappa shape index (κ3) is 4.22. The average molecular weight is 379 g/mol. The van der Waals surface area contributed by atoms with Gasteiger partial charge in [-0.3, -0.25) is 4.79 Å². The predicted molar refractivity (Wildman–Crippen MR) is 104 cm³/mol. The van der Waals surface area contributed by atoms with Gasteiger partial charge in [0.15, 0.2) is 0 Å². The summed E-state index contributed by atoms with van der Waals surface area (Å²) in [6.45, 7) is 1.58. The van der Waals surface area contributed by atoms with Crippen molar-refractivity contribution in [2.75, 3.05) is 13.1 Å². The van der Waals surface area contributed by atoms with Gasteiger partial charge >= 0.3 is 0 Å². The number of hydrogen-bond acceptors (Lipinski definition) is 3. The Kier molecular flexibility index (Phi) is 5.37. The minimum atomic E-state index is -0.276. The number of likely N-dealkylation sites (tertiary alicyclic amines) is 1. The Hall–Kier alpha value is -3.15. The Morgan fingerprint density at radius 3 is 2.50 bits per heavy atom. The van der Waals surface area contributed by atoms with Gasteiger partial charge < -0.3 is 14.2 Å². The van der Waals surface area contributed by atoms with E-state index in [2.05, 4.69) is 4.98 Å². The number of benzene rings is 2. The molecule has 5 nitrogen and oxygen atoms in total. The molecule has 28 heavy (non-hydrogen) atoms. The molecule has 1 saturated heterocycles. The largest absolute Gasteiger partial charge is 0.490 e. The van der Waals surface area contributed by atoms with E-state index < -0.39 is 0 Å². The molecule has 2 aromatic carbocycles. The van der Waals surface area contributed by atoms with Crippen molar-refractivity contribution >= 4 is 5.91 Å². The van der Waals surface area contributed by atoms with E-state index in [-0.39, 0.29) is 24.4 Å². The molecule has 1 amide bonds. The maximum Gasteiger partial charge on any atom is 0.242 e. The van der Waals surface area contributed by atoms with Crippen molar-refractivity contribution in [1.82, 2.24) is 14.5 Å². The summed E-state index contributed by atoms with van der Waals surface area (Å²) >= 11 is 0. The molecule has 0 saturated carbocycles. The highest BCUT2D eigenvalue weighted by Crippen LogP contribution is 2.21. The van der Waals surface area contributed by atoms with Crippen LogP contribution in [0.1, 0.15) is 12.8 Å². The molecule has 0 spiro atoms. The van der Waals surface area contributed by atoms with Crippen LogP contribution >= 0.6 is 0 Å². The topological polar surface area (TPSA) is 47.4 Å². The maximum atomic E-state index is 13.0. The molecule has 6 heteroatoms. The number of carbonyl (C=O) groups is 1. The fourth-order valence-corrected chi connectivity index (χ4v) is 3.46. The van der Waals surface area contributed by atoms with Gasteiger partial charge in [-0.25, -0.2) is 9.37 Å². The van der Waals surface area contributed by atoms with Crippen LogP contribution < -0.4 is 4.74 Å². The lowest BCUT2D eigenvalue weighted by atomic mass is 10.1. The number of aromatic nitrogens is 2. The SMILES string of the molecule is O=C(Cn1ccnc1-c1ccccc1)N1CCC(Oc2ccc(F)cc2)CC1. The molecule has 0 atom stereocenters. The molecule has 1 fully saturated rings. The number of amides is 1. The quantitative estimate of drug-likeness (QED) is 0.678. The zero-order valence-corrected chi connectivity index (χ0v) is 15.5. The first-order chi connectivity index (χ1) is 13.7. The molecule has 2 heterocycles. The Morgan fingerprint density at radius 1 is 1.07 bits per heavy atom. The molecule has 0 aliphatic carbocycles. The van der Waals surface area contributed by atoms with Gasteiger partial charge in [0.25, 0.3) is 0 Å². The number of ether oxygens (including phenoxy) is 1. The summed E-state index contributed by atoms with van der Waals surface area (Å²) in [5.74, 6) is 1.26. The van der Waals surface area contributed by atoms with Crippen molar-refractivity contribution < 1.29 is 13.9 Å². The van der Waals surface area contributed by atoms with Crippen molar-refractivity contribution in [3.05, 3.63) is 72.8 Å². The first kappa shape index (κ1) is 18.2. The zero-order chi connectivity index (χ0) is 19.3. The second-order valence-corrected chi connectivity index (χ2v) is 6.90. The van der Waals surface area contributed by atoms with Crippen LogP contribution in [0.3, 0.4) is 0 Å². The lowest BCUT2D eigenvalue weighted by Crippen LogP contribution is -2.43. The Morgan fingerprint density at radius 2 is 1.79 bits per heavy atom. The highest BCUT2D eigenvalue weighted by molar-refractivity contribution is 5.77. The average Bonchev–Trinajstić information content (AvgIpc) is 3.19. The van der Waals surface area contributed by atoms with Gasteiger partial charge in [-0.05, 0) is 24.3 Å². The summed E-state index contributed by atoms with van der Waals surface area (Å²) in [7, 11) is 0. The second kappa shape index (κ2) is 8.25. The molecule has 3 aromatic rings. The van der Waals surface area contributed by atoms with Gasteiger partial charge in [-0.2, -0.15) is 0 Å². The summed E-state index contributed by atoms with van der Waals surface area (Å²) < 4.78 is 20.8. The minimum absolute atomic E-state index is 0.0441. The summed E-state index contributed by atoms with van der Waals surface area (Å²) in [5, 5.41) is 0. The molecule has 0 radical (unpaired) electrons. The number of halogens is 1. The maximum absolute atomic E-state index is 13.0. The van der Waals surface area contributed by atoms with Crippen molar-refractivity contribution in [2.45, 2.75) is 25.5 Å². The van der Waals surface area contributed by atoms with Gasteiger partial charge in [-0.15, -0.1) is 0 Å². The lowest BCUT2D eigenvalue weighted by molar-refractivity contribution is -0.133. The molecule has 144 valence electrons. The highest BCUT2D eigenvalue weighted by atomic mass is 19.1. The monoisotopic (exact) mass is 379 g/mol. The third-order valence-corrected chi connectivity index (χ3v) is 4.96. The van der Waals surface area contributed by atoms with Crippen molar-refractivity contribution in [2.24, 2.45) is 0 Å². The third-order valence-electron chi connectivity index (χ3n) is 4.96. The number of imidazole rings is 1. The molecule has 0 N–H and O–H groups in total. The lowest BCUT2D eigenvalue weighted by Gasteiger charge is -2.32. The van der Waals surface area contributed by atoms with E-state index in [1.165, 1.54) is 12.1 Å². The summed E-state index contributed by atoms with van der Waals surface area (Å²) in [4.78, 5) is 19.0. The Labute approximate surface area is 163 Å².